The largest absolute Gasteiger partial charge is 0.464 e. The first-order valence-electron chi connectivity index (χ1n) is 3.79. The molecule has 0 atom stereocenters. The summed E-state index contributed by atoms with van der Waals surface area (Å²) < 4.78 is 14.2. The van der Waals surface area contributed by atoms with E-state index in [0.717, 1.165) is 4.57 Å². The topological polar surface area (TPSA) is 42.2 Å². The maximum absolute atomic E-state index is 12.9. The fourth-order valence-corrected chi connectivity index (χ4v) is 1.92. The summed E-state index contributed by atoms with van der Waals surface area (Å²) in [5.41, 5.74) is 0.337. The molecule has 1 heterocycles. The maximum Gasteiger partial charge on any atom is 0.416 e. The lowest BCUT2D eigenvalue weighted by Gasteiger charge is -1.98. The molecule has 1 aromatic carbocycles. The molecule has 1 N–H and O–H groups in total. The Labute approximate surface area is 86.9 Å². The zero-order chi connectivity index (χ0) is 10.3. The summed E-state index contributed by atoms with van der Waals surface area (Å²) in [7, 11) is 0. The summed E-state index contributed by atoms with van der Waals surface area (Å²) in [4.78, 5) is 10.8. The van der Waals surface area contributed by atoms with Crippen molar-refractivity contribution in [3.63, 3.8) is 0 Å². The lowest BCUT2D eigenvalue weighted by atomic mass is 10.2. The van der Waals surface area contributed by atoms with Crippen molar-refractivity contribution in [1.82, 2.24) is 4.57 Å². The van der Waals surface area contributed by atoms with Gasteiger partial charge in [0, 0.05) is 5.39 Å². The molecule has 5 heteroatoms. The van der Waals surface area contributed by atoms with Crippen molar-refractivity contribution in [3.8, 4) is 0 Å². The molecule has 0 amide bonds. The van der Waals surface area contributed by atoms with Gasteiger partial charge in [0.15, 0.2) is 0 Å². The van der Waals surface area contributed by atoms with Crippen LogP contribution in [0.5, 0.6) is 0 Å². The van der Waals surface area contributed by atoms with E-state index in [1.807, 2.05) is 0 Å². The van der Waals surface area contributed by atoms with Crippen LogP contribution in [0.4, 0.5) is 9.18 Å². The number of benzene rings is 1. The Morgan fingerprint density at radius 2 is 2.14 bits per heavy atom. The highest BCUT2D eigenvalue weighted by Gasteiger charge is 2.12. The molecule has 0 aliphatic heterocycles. The minimum absolute atomic E-state index is 0.337. The molecule has 72 valence electrons. The molecular formula is C9H5BrFNO2. The summed E-state index contributed by atoms with van der Waals surface area (Å²) in [6.07, 6.45) is -1.14. The molecule has 0 saturated heterocycles. The number of carboxylic acid groups (broad SMARTS) is 1. The highest BCUT2D eigenvalue weighted by atomic mass is 79.9. The zero-order valence-electron chi connectivity index (χ0n) is 6.87. The van der Waals surface area contributed by atoms with Crippen LogP contribution in [0.1, 0.15) is 0 Å². The van der Waals surface area contributed by atoms with Gasteiger partial charge in [-0.3, -0.25) is 0 Å². The highest BCUT2D eigenvalue weighted by molar-refractivity contribution is 9.10. The van der Waals surface area contributed by atoms with Gasteiger partial charge in [0.25, 0.3) is 0 Å². The van der Waals surface area contributed by atoms with E-state index in [0.29, 0.717) is 15.5 Å². The third kappa shape index (κ3) is 1.29. The fraction of sp³-hybridized carbons (Fsp3) is 0. The molecule has 0 unspecified atom stereocenters. The Morgan fingerprint density at radius 3 is 2.79 bits per heavy atom. The quantitative estimate of drug-likeness (QED) is 0.788. The van der Waals surface area contributed by atoms with Crippen LogP contribution in [0.25, 0.3) is 10.9 Å². The third-order valence-electron chi connectivity index (χ3n) is 1.91. The molecule has 0 aliphatic carbocycles. The number of carbonyl (C=O) groups is 1. The van der Waals surface area contributed by atoms with Gasteiger partial charge >= 0.3 is 6.09 Å². The molecule has 14 heavy (non-hydrogen) atoms. The first-order valence-corrected chi connectivity index (χ1v) is 4.58. The summed E-state index contributed by atoms with van der Waals surface area (Å²) in [5.74, 6) is -0.453. The van der Waals surface area contributed by atoms with Gasteiger partial charge in [-0.25, -0.2) is 13.8 Å². The lowest BCUT2D eigenvalue weighted by molar-refractivity contribution is 0.197. The monoisotopic (exact) mass is 257 g/mol. The molecule has 1 aromatic heterocycles. The standard InChI is InChI=1S/C9H5BrFNO2/c10-8-3-5-1-2-6(11)4-7(5)12(8)9(13)14/h1-4H,(H,13,14). The first kappa shape index (κ1) is 9.21. The highest BCUT2D eigenvalue weighted by Crippen LogP contribution is 2.24. The van der Waals surface area contributed by atoms with E-state index in [1.54, 1.807) is 6.07 Å². The number of fused-ring (bicyclic) bond motifs is 1. The van der Waals surface area contributed by atoms with E-state index in [2.05, 4.69) is 15.9 Å². The van der Waals surface area contributed by atoms with Gasteiger partial charge in [-0.1, -0.05) is 0 Å². The lowest BCUT2D eigenvalue weighted by Crippen LogP contribution is -2.07. The Morgan fingerprint density at radius 1 is 1.43 bits per heavy atom. The summed E-state index contributed by atoms with van der Waals surface area (Å²) >= 11 is 3.09. The van der Waals surface area contributed by atoms with E-state index in [1.165, 1.54) is 18.2 Å². The van der Waals surface area contributed by atoms with Crippen LogP contribution in [0, 0.1) is 5.82 Å². The molecular weight excluding hydrogens is 253 g/mol. The minimum Gasteiger partial charge on any atom is -0.464 e. The second kappa shape index (κ2) is 3.09. The van der Waals surface area contributed by atoms with Gasteiger partial charge in [-0.15, -0.1) is 0 Å². The average molecular weight is 258 g/mol. The van der Waals surface area contributed by atoms with Gasteiger partial charge in [0.05, 0.1) is 10.1 Å². The normalized spacial score (nSPS) is 10.7. The molecule has 0 bridgehead atoms. The molecule has 2 rings (SSSR count). The number of rotatable bonds is 0. The Balaban J connectivity index is 2.86. The van der Waals surface area contributed by atoms with Gasteiger partial charge < -0.3 is 5.11 Å². The molecule has 0 saturated carbocycles. The number of aromatic nitrogens is 1. The predicted molar refractivity (Wildman–Crippen MR) is 53.0 cm³/mol. The van der Waals surface area contributed by atoms with Crippen LogP contribution < -0.4 is 0 Å². The van der Waals surface area contributed by atoms with Gasteiger partial charge in [0.2, 0.25) is 0 Å². The maximum atomic E-state index is 12.9. The van der Waals surface area contributed by atoms with Crippen molar-refractivity contribution in [2.75, 3.05) is 0 Å². The zero-order valence-corrected chi connectivity index (χ0v) is 8.45. The molecule has 2 aromatic rings. The fourth-order valence-electron chi connectivity index (χ4n) is 1.33. The van der Waals surface area contributed by atoms with Gasteiger partial charge in [-0.05, 0) is 40.2 Å². The van der Waals surface area contributed by atoms with Crippen LogP contribution >= 0.6 is 15.9 Å². The van der Waals surface area contributed by atoms with Crippen LogP contribution in [0.2, 0.25) is 0 Å². The average Bonchev–Trinajstić information content (AvgIpc) is 2.40. The Bertz CT molecular complexity index is 521. The minimum atomic E-state index is -1.14. The smallest absolute Gasteiger partial charge is 0.416 e. The van der Waals surface area contributed by atoms with Crippen LogP contribution in [0.3, 0.4) is 0 Å². The molecule has 3 nitrogen and oxygen atoms in total. The van der Waals surface area contributed by atoms with Gasteiger partial charge in [-0.2, -0.15) is 0 Å². The Hall–Kier alpha value is -1.36. The van der Waals surface area contributed by atoms with Crippen molar-refractivity contribution in [2.24, 2.45) is 0 Å². The molecule has 0 radical (unpaired) electrons. The van der Waals surface area contributed by atoms with E-state index >= 15 is 0 Å². The van der Waals surface area contributed by atoms with E-state index < -0.39 is 11.9 Å². The Kier molecular flexibility index (Phi) is 2.03. The predicted octanol–water partition coefficient (Wildman–Crippen LogP) is 3.07. The number of hydrogen-bond donors (Lipinski definition) is 1. The number of halogens is 2. The van der Waals surface area contributed by atoms with Crippen molar-refractivity contribution in [3.05, 3.63) is 34.7 Å². The summed E-state index contributed by atoms with van der Waals surface area (Å²) in [5, 5.41) is 9.54. The number of nitrogens with zero attached hydrogens (tertiary/aromatic N) is 1. The SMILES string of the molecule is O=C(O)n1c(Br)cc2ccc(F)cc21. The molecule has 0 spiro atoms. The first-order chi connectivity index (χ1) is 6.59. The van der Waals surface area contributed by atoms with Gasteiger partial charge in [0.1, 0.15) is 5.82 Å². The second-order valence-corrected chi connectivity index (χ2v) is 3.60. The van der Waals surface area contributed by atoms with Crippen LogP contribution in [-0.4, -0.2) is 15.8 Å². The van der Waals surface area contributed by atoms with Crippen molar-refractivity contribution < 1.29 is 14.3 Å². The molecule has 0 aliphatic rings. The summed E-state index contributed by atoms with van der Waals surface area (Å²) in [6, 6.07) is 5.65. The van der Waals surface area contributed by atoms with Crippen LogP contribution in [0.15, 0.2) is 28.9 Å². The van der Waals surface area contributed by atoms with E-state index in [4.69, 9.17) is 5.11 Å². The van der Waals surface area contributed by atoms with Crippen molar-refractivity contribution in [1.29, 1.82) is 0 Å². The van der Waals surface area contributed by atoms with E-state index in [9.17, 15) is 9.18 Å². The second-order valence-electron chi connectivity index (χ2n) is 2.79. The molecule has 0 fully saturated rings. The summed E-state index contributed by atoms with van der Waals surface area (Å²) in [6.45, 7) is 0. The third-order valence-corrected chi connectivity index (χ3v) is 2.50. The van der Waals surface area contributed by atoms with E-state index in [-0.39, 0.29) is 0 Å². The number of hydrogen-bond acceptors (Lipinski definition) is 1. The van der Waals surface area contributed by atoms with Crippen LogP contribution in [-0.2, 0) is 0 Å². The van der Waals surface area contributed by atoms with Crippen molar-refractivity contribution in [2.45, 2.75) is 0 Å². The van der Waals surface area contributed by atoms with Crippen molar-refractivity contribution >= 4 is 32.9 Å².